The van der Waals surface area contributed by atoms with Crippen molar-refractivity contribution in [3.05, 3.63) is 57.8 Å². The number of carbonyl (C=O) groups is 2. The van der Waals surface area contributed by atoms with Gasteiger partial charge in [-0.05, 0) is 44.1 Å². The van der Waals surface area contributed by atoms with Crippen molar-refractivity contribution in [2.24, 2.45) is 0 Å². The van der Waals surface area contributed by atoms with Crippen LogP contribution in [0.4, 0.5) is 8.78 Å². The lowest BCUT2D eigenvalue weighted by molar-refractivity contribution is -0.121. The van der Waals surface area contributed by atoms with E-state index in [0.29, 0.717) is 19.0 Å². The summed E-state index contributed by atoms with van der Waals surface area (Å²) >= 11 is 1.64. The summed E-state index contributed by atoms with van der Waals surface area (Å²) in [5.41, 5.74) is -0.217. The minimum atomic E-state index is -0.909. The van der Waals surface area contributed by atoms with Crippen molar-refractivity contribution in [1.29, 1.82) is 0 Å². The summed E-state index contributed by atoms with van der Waals surface area (Å²) < 4.78 is 26.4. The van der Waals surface area contributed by atoms with Crippen molar-refractivity contribution in [2.75, 3.05) is 27.2 Å². The Morgan fingerprint density at radius 2 is 1.96 bits per heavy atom. The van der Waals surface area contributed by atoms with Gasteiger partial charge in [0, 0.05) is 30.5 Å². The van der Waals surface area contributed by atoms with Crippen LogP contribution >= 0.6 is 11.3 Å². The fraction of sp³-hybridized carbons (Fsp3) is 0.368. The monoisotopic (exact) mass is 395 g/mol. The van der Waals surface area contributed by atoms with Crippen molar-refractivity contribution >= 4 is 23.2 Å². The zero-order valence-corrected chi connectivity index (χ0v) is 16.1. The predicted molar refractivity (Wildman–Crippen MR) is 102 cm³/mol. The second-order valence-corrected chi connectivity index (χ2v) is 7.26. The van der Waals surface area contributed by atoms with E-state index >= 15 is 0 Å². The van der Waals surface area contributed by atoms with Crippen LogP contribution in [0.5, 0.6) is 0 Å². The second kappa shape index (κ2) is 10.1. The quantitative estimate of drug-likeness (QED) is 0.642. The van der Waals surface area contributed by atoms with E-state index in [1.54, 1.807) is 11.3 Å². The van der Waals surface area contributed by atoms with Crippen LogP contribution in [-0.4, -0.2) is 43.9 Å². The molecule has 2 N–H and O–H groups in total. The first kappa shape index (κ1) is 21.0. The molecule has 146 valence electrons. The molecule has 1 aromatic carbocycles. The highest BCUT2D eigenvalue weighted by Crippen LogP contribution is 2.22. The molecule has 1 heterocycles. The molecule has 5 nitrogen and oxygen atoms in total. The molecule has 0 spiro atoms. The Morgan fingerprint density at radius 1 is 1.19 bits per heavy atom. The van der Waals surface area contributed by atoms with Gasteiger partial charge in [0.15, 0.2) is 0 Å². The Bertz CT molecular complexity index is 766. The third-order valence-electron chi connectivity index (χ3n) is 4.03. The summed E-state index contributed by atoms with van der Waals surface area (Å²) in [6.45, 7) is 0.727. The fourth-order valence-corrected chi connectivity index (χ4v) is 3.46. The number of nitrogens with one attached hydrogen (secondary N) is 2. The molecule has 1 aromatic heterocycles. The maximum Gasteiger partial charge on any atom is 0.254 e. The van der Waals surface area contributed by atoms with Crippen molar-refractivity contribution in [3.63, 3.8) is 0 Å². The van der Waals surface area contributed by atoms with E-state index in [1.807, 2.05) is 36.5 Å². The lowest BCUT2D eigenvalue weighted by atomic mass is 10.2. The maximum atomic E-state index is 13.5. The average Bonchev–Trinajstić information content (AvgIpc) is 3.12. The summed E-state index contributed by atoms with van der Waals surface area (Å²) in [5, 5.41) is 7.43. The molecule has 2 amide bonds. The van der Waals surface area contributed by atoms with E-state index in [9.17, 15) is 18.4 Å². The van der Waals surface area contributed by atoms with E-state index < -0.39 is 17.5 Å². The van der Waals surface area contributed by atoms with Crippen molar-refractivity contribution in [3.8, 4) is 0 Å². The van der Waals surface area contributed by atoms with Gasteiger partial charge in [0.25, 0.3) is 5.91 Å². The Balaban J connectivity index is 1.70. The van der Waals surface area contributed by atoms with Gasteiger partial charge in [0.05, 0.1) is 11.6 Å². The molecule has 8 heteroatoms. The van der Waals surface area contributed by atoms with Gasteiger partial charge in [-0.3, -0.25) is 9.59 Å². The number of likely N-dealkylation sites (N-methyl/N-ethyl adjacent to an activating group) is 1. The number of hydrogen-bond donors (Lipinski definition) is 2. The van der Waals surface area contributed by atoms with Crippen LogP contribution in [0.15, 0.2) is 35.7 Å². The molecule has 0 bridgehead atoms. The number of thiophene rings is 1. The van der Waals surface area contributed by atoms with E-state index in [4.69, 9.17) is 0 Å². The molecule has 0 aliphatic rings. The zero-order chi connectivity index (χ0) is 19.8. The number of nitrogens with zero attached hydrogens (tertiary/aromatic N) is 1. The van der Waals surface area contributed by atoms with Gasteiger partial charge in [-0.1, -0.05) is 6.07 Å². The molecule has 0 fully saturated rings. The molecule has 2 rings (SSSR count). The molecule has 0 radical (unpaired) electrons. The molecule has 27 heavy (non-hydrogen) atoms. The molecule has 0 saturated heterocycles. The highest BCUT2D eigenvalue weighted by molar-refractivity contribution is 7.10. The summed E-state index contributed by atoms with van der Waals surface area (Å²) in [6, 6.07) is 6.90. The second-order valence-electron chi connectivity index (χ2n) is 6.28. The SMILES string of the molecule is CN(C)C(CNC(=O)CCCNC(=O)c1ccc(F)cc1F)c1cccs1. The lowest BCUT2D eigenvalue weighted by Crippen LogP contribution is -2.34. The van der Waals surface area contributed by atoms with Crippen molar-refractivity contribution in [1.82, 2.24) is 15.5 Å². The fourth-order valence-electron chi connectivity index (χ4n) is 2.54. The first-order chi connectivity index (χ1) is 12.9. The van der Waals surface area contributed by atoms with Gasteiger partial charge in [0.1, 0.15) is 11.6 Å². The number of rotatable bonds is 9. The minimum absolute atomic E-state index is 0.107. The van der Waals surface area contributed by atoms with Crippen molar-refractivity contribution in [2.45, 2.75) is 18.9 Å². The average molecular weight is 395 g/mol. The summed E-state index contributed by atoms with van der Waals surface area (Å²) in [7, 11) is 3.92. The molecule has 2 aromatic rings. The third kappa shape index (κ3) is 6.41. The normalized spacial score (nSPS) is 12.0. The largest absolute Gasteiger partial charge is 0.354 e. The molecule has 1 atom stereocenters. The van der Waals surface area contributed by atoms with Gasteiger partial charge >= 0.3 is 0 Å². The first-order valence-corrected chi connectivity index (χ1v) is 9.46. The maximum absolute atomic E-state index is 13.5. The highest BCUT2D eigenvalue weighted by atomic mass is 32.1. The Hall–Kier alpha value is -2.32. The Morgan fingerprint density at radius 3 is 2.59 bits per heavy atom. The summed E-state index contributed by atoms with van der Waals surface area (Å²) in [6.07, 6.45) is 0.669. The van der Waals surface area contributed by atoms with Gasteiger partial charge in [0.2, 0.25) is 5.91 Å². The number of halogens is 2. The van der Waals surface area contributed by atoms with E-state index in [-0.39, 0.29) is 30.5 Å². The van der Waals surface area contributed by atoms with Crippen LogP contribution in [0.2, 0.25) is 0 Å². The molecular weight excluding hydrogens is 372 g/mol. The van der Waals surface area contributed by atoms with E-state index in [1.165, 1.54) is 4.88 Å². The topological polar surface area (TPSA) is 61.4 Å². The molecular formula is C19H23F2N3O2S. The van der Waals surface area contributed by atoms with Crippen LogP contribution in [0.25, 0.3) is 0 Å². The van der Waals surface area contributed by atoms with Gasteiger partial charge in [-0.25, -0.2) is 8.78 Å². The molecule has 0 aliphatic carbocycles. The van der Waals surface area contributed by atoms with Crippen LogP contribution in [0.1, 0.15) is 34.1 Å². The number of amides is 2. The van der Waals surface area contributed by atoms with E-state index in [0.717, 1.165) is 12.1 Å². The van der Waals surface area contributed by atoms with Gasteiger partial charge < -0.3 is 15.5 Å². The summed E-state index contributed by atoms with van der Waals surface area (Å²) in [5.74, 6) is -2.38. The zero-order valence-electron chi connectivity index (χ0n) is 15.3. The minimum Gasteiger partial charge on any atom is -0.354 e. The molecule has 0 saturated carbocycles. The number of hydrogen-bond acceptors (Lipinski definition) is 4. The Kier molecular flexibility index (Phi) is 7.87. The van der Waals surface area contributed by atoms with Gasteiger partial charge in [-0.2, -0.15) is 0 Å². The highest BCUT2D eigenvalue weighted by Gasteiger charge is 2.16. The van der Waals surface area contributed by atoms with Crippen molar-refractivity contribution < 1.29 is 18.4 Å². The Labute approximate surface area is 161 Å². The summed E-state index contributed by atoms with van der Waals surface area (Å²) in [4.78, 5) is 27.1. The van der Waals surface area contributed by atoms with E-state index in [2.05, 4.69) is 10.6 Å². The molecule has 0 aliphatic heterocycles. The van der Waals surface area contributed by atoms with Crippen LogP contribution in [0, 0.1) is 11.6 Å². The van der Waals surface area contributed by atoms with Gasteiger partial charge in [-0.15, -0.1) is 11.3 Å². The number of benzene rings is 1. The third-order valence-corrected chi connectivity index (χ3v) is 5.00. The lowest BCUT2D eigenvalue weighted by Gasteiger charge is -2.23. The smallest absolute Gasteiger partial charge is 0.254 e. The number of carbonyl (C=O) groups excluding carboxylic acids is 2. The first-order valence-electron chi connectivity index (χ1n) is 8.58. The van der Waals surface area contributed by atoms with Crippen LogP contribution in [0.3, 0.4) is 0 Å². The molecule has 1 unspecified atom stereocenters. The van der Waals surface area contributed by atoms with Crippen LogP contribution in [-0.2, 0) is 4.79 Å². The van der Waals surface area contributed by atoms with Crippen LogP contribution < -0.4 is 10.6 Å². The standard InChI is InChI=1S/C19H23F2N3O2S/c1-24(2)16(17-5-4-10-27-17)12-23-18(25)6-3-9-22-19(26)14-8-7-13(20)11-15(14)21/h4-5,7-8,10-11,16H,3,6,9,12H2,1-2H3,(H,22,26)(H,23,25). The predicted octanol–water partition coefficient (Wildman–Crippen LogP) is 2.96.